The topological polar surface area (TPSA) is 156 Å². The molecule has 0 fully saturated rings. The molecule has 216 valence electrons. The molecule has 0 saturated carbocycles. The molecule has 0 unspecified atom stereocenters. The Morgan fingerprint density at radius 3 is 2.42 bits per heavy atom. The maximum Gasteiger partial charge on any atom is 0.324 e. The Bertz CT molecular complexity index is 781. The summed E-state index contributed by atoms with van der Waals surface area (Å²) < 4.78 is 9.85. The molecule has 0 aliphatic heterocycles. The minimum Gasteiger partial charge on any atom is -0.481 e. The molecule has 4 atom stereocenters. The number of rotatable bonds is 22. The van der Waals surface area contributed by atoms with Crippen LogP contribution in [0.4, 0.5) is 0 Å². The minimum atomic E-state index is -1.04. The fraction of sp³-hybridized carbons (Fsp3) is 0.607. The van der Waals surface area contributed by atoms with Gasteiger partial charge in [0, 0.05) is 24.3 Å². The first-order chi connectivity index (χ1) is 18.2. The number of hydrogen-bond acceptors (Lipinski definition) is 9. The second-order valence-corrected chi connectivity index (χ2v) is 9.91. The van der Waals surface area contributed by atoms with Gasteiger partial charge < -0.3 is 30.5 Å². The van der Waals surface area contributed by atoms with Gasteiger partial charge in [0.1, 0.15) is 12.6 Å². The minimum absolute atomic E-state index is 0.0490. The van der Waals surface area contributed by atoms with Crippen molar-refractivity contribution >= 4 is 29.7 Å². The van der Waals surface area contributed by atoms with Crippen molar-refractivity contribution in [1.29, 1.82) is 0 Å². The SMILES string of the molecule is CCCCC/C=C\C\C=C/C=C/C=C/[C@@H](SC[C@H](N)C(=O)O[C@@H](CO)COC(C)=O)[C@@H](O)CCCC(=O)O. The number of hydrogen-bond donors (Lipinski definition) is 4. The standard InChI is InChI=1S/C28H45NO8S/c1-3-4-5-6-7-8-9-10-11-12-13-14-17-26(25(32)16-15-18-27(33)34)38-21-24(29)28(35)37-23(19-30)20-36-22(2)31/h7-8,10-14,17,23-26,30,32H,3-6,9,15-16,18-21,29H2,1-2H3,(H,33,34)/b8-7-,11-10-,13-12+,17-14+/t23-,24-,25-,26+/m0/s1. The largest absolute Gasteiger partial charge is 0.481 e. The molecule has 0 radical (unpaired) electrons. The van der Waals surface area contributed by atoms with E-state index in [9.17, 15) is 24.6 Å². The molecule has 0 aromatic heterocycles. The molecule has 0 amide bonds. The van der Waals surface area contributed by atoms with Gasteiger partial charge in [-0.15, -0.1) is 11.8 Å². The lowest BCUT2D eigenvalue weighted by Crippen LogP contribution is -2.40. The molecule has 0 heterocycles. The number of carboxylic acids is 1. The summed E-state index contributed by atoms with van der Waals surface area (Å²) in [5, 5.41) is 28.3. The number of nitrogens with two attached hydrogens (primary N) is 1. The van der Waals surface area contributed by atoms with Gasteiger partial charge in [0.05, 0.1) is 12.7 Å². The first-order valence-electron chi connectivity index (χ1n) is 13.1. The van der Waals surface area contributed by atoms with E-state index >= 15 is 0 Å². The Morgan fingerprint density at radius 1 is 1.03 bits per heavy atom. The van der Waals surface area contributed by atoms with Crippen LogP contribution in [-0.4, -0.2) is 75.7 Å². The molecule has 0 aliphatic rings. The smallest absolute Gasteiger partial charge is 0.324 e. The second-order valence-electron chi connectivity index (χ2n) is 8.70. The van der Waals surface area contributed by atoms with E-state index in [0.29, 0.717) is 6.42 Å². The van der Waals surface area contributed by atoms with Crippen molar-refractivity contribution in [2.45, 2.75) is 88.7 Å². The van der Waals surface area contributed by atoms with Crippen LogP contribution in [0, 0.1) is 0 Å². The van der Waals surface area contributed by atoms with Gasteiger partial charge in [0.15, 0.2) is 6.10 Å². The highest BCUT2D eigenvalue weighted by molar-refractivity contribution is 8.00. The monoisotopic (exact) mass is 555 g/mol. The summed E-state index contributed by atoms with van der Waals surface area (Å²) in [7, 11) is 0. The molecule has 0 spiro atoms. The Hall–Kier alpha value is -2.40. The summed E-state index contributed by atoms with van der Waals surface area (Å²) in [4.78, 5) is 34.0. The maximum atomic E-state index is 12.3. The van der Waals surface area contributed by atoms with Crippen molar-refractivity contribution in [3.05, 3.63) is 48.6 Å². The predicted molar refractivity (Wildman–Crippen MR) is 151 cm³/mol. The molecule has 0 rings (SSSR count). The van der Waals surface area contributed by atoms with Gasteiger partial charge >= 0.3 is 17.9 Å². The quantitative estimate of drug-likeness (QED) is 0.0672. The molecule has 0 bridgehead atoms. The highest BCUT2D eigenvalue weighted by Crippen LogP contribution is 2.21. The zero-order chi connectivity index (χ0) is 28.6. The molecule has 9 nitrogen and oxygen atoms in total. The van der Waals surface area contributed by atoms with E-state index in [4.69, 9.17) is 20.3 Å². The number of carboxylic acid groups (broad SMARTS) is 1. The fourth-order valence-electron chi connectivity index (χ4n) is 3.05. The Balaban J connectivity index is 4.86. The summed E-state index contributed by atoms with van der Waals surface area (Å²) in [6, 6.07) is -1.04. The molecular formula is C28H45NO8S. The van der Waals surface area contributed by atoms with Crippen LogP contribution >= 0.6 is 11.8 Å². The highest BCUT2D eigenvalue weighted by atomic mass is 32.2. The Kier molecular flexibility index (Phi) is 22.2. The molecule has 0 aromatic carbocycles. The first kappa shape index (κ1) is 35.6. The molecule has 0 aliphatic carbocycles. The number of esters is 2. The van der Waals surface area contributed by atoms with Gasteiger partial charge in [-0.3, -0.25) is 14.4 Å². The normalized spacial score (nSPS) is 15.3. The van der Waals surface area contributed by atoms with Crippen molar-refractivity contribution in [1.82, 2.24) is 0 Å². The molecule has 0 saturated heterocycles. The number of aliphatic hydroxyl groups excluding tert-OH is 2. The first-order valence-corrected chi connectivity index (χ1v) is 14.1. The number of allylic oxidation sites excluding steroid dienone is 7. The number of carbonyl (C=O) groups is 3. The van der Waals surface area contributed by atoms with Crippen LogP contribution in [0.1, 0.15) is 65.2 Å². The maximum absolute atomic E-state index is 12.3. The third kappa shape index (κ3) is 20.6. The third-order valence-electron chi connectivity index (χ3n) is 5.18. The van der Waals surface area contributed by atoms with E-state index in [1.54, 1.807) is 12.2 Å². The summed E-state index contributed by atoms with van der Waals surface area (Å²) >= 11 is 1.24. The van der Waals surface area contributed by atoms with E-state index < -0.39 is 48.0 Å². The van der Waals surface area contributed by atoms with Crippen molar-refractivity contribution < 1.29 is 39.2 Å². The van der Waals surface area contributed by atoms with Crippen LogP contribution in [0.2, 0.25) is 0 Å². The van der Waals surface area contributed by atoms with Crippen LogP contribution in [0.15, 0.2) is 48.6 Å². The van der Waals surface area contributed by atoms with Gasteiger partial charge in [0.25, 0.3) is 0 Å². The van der Waals surface area contributed by atoms with Gasteiger partial charge in [0.2, 0.25) is 0 Å². The predicted octanol–water partition coefficient (Wildman–Crippen LogP) is 3.69. The van der Waals surface area contributed by atoms with Crippen molar-refractivity contribution in [2.24, 2.45) is 5.73 Å². The molecule has 5 N–H and O–H groups in total. The molecule has 10 heteroatoms. The van der Waals surface area contributed by atoms with Crippen molar-refractivity contribution in [3.63, 3.8) is 0 Å². The number of thioether (sulfide) groups is 1. The van der Waals surface area contributed by atoms with Crippen molar-refractivity contribution in [3.8, 4) is 0 Å². The number of carbonyl (C=O) groups excluding carboxylic acids is 2. The van der Waals surface area contributed by atoms with Crippen LogP contribution in [0.5, 0.6) is 0 Å². The number of ether oxygens (including phenoxy) is 2. The average Bonchev–Trinajstić information content (AvgIpc) is 2.87. The van der Waals surface area contributed by atoms with Gasteiger partial charge in [-0.2, -0.15) is 0 Å². The van der Waals surface area contributed by atoms with E-state index in [2.05, 4.69) is 19.1 Å². The summed E-state index contributed by atoms with van der Waals surface area (Å²) in [6.45, 7) is 2.59. The number of aliphatic carboxylic acids is 1. The van der Waals surface area contributed by atoms with E-state index in [0.717, 1.165) is 12.8 Å². The second kappa shape index (κ2) is 23.7. The van der Waals surface area contributed by atoms with Crippen LogP contribution in [-0.2, 0) is 23.9 Å². The molecule has 0 aromatic rings. The molecular weight excluding hydrogens is 510 g/mol. The van der Waals surface area contributed by atoms with Crippen LogP contribution < -0.4 is 5.73 Å². The van der Waals surface area contributed by atoms with E-state index in [-0.39, 0.29) is 25.2 Å². The number of unbranched alkanes of at least 4 members (excludes halogenated alkanes) is 3. The van der Waals surface area contributed by atoms with E-state index in [1.807, 2.05) is 24.3 Å². The molecule has 38 heavy (non-hydrogen) atoms. The van der Waals surface area contributed by atoms with Gasteiger partial charge in [-0.25, -0.2) is 0 Å². The Morgan fingerprint density at radius 2 is 1.76 bits per heavy atom. The average molecular weight is 556 g/mol. The Labute approximate surface area is 230 Å². The lowest BCUT2D eigenvalue weighted by molar-refractivity contribution is -0.161. The van der Waals surface area contributed by atoms with Gasteiger partial charge in [-0.1, -0.05) is 68.4 Å². The zero-order valence-electron chi connectivity index (χ0n) is 22.6. The summed E-state index contributed by atoms with van der Waals surface area (Å²) in [6.07, 6.45) is 19.9. The summed E-state index contributed by atoms with van der Waals surface area (Å²) in [5.74, 6) is -2.15. The van der Waals surface area contributed by atoms with E-state index in [1.165, 1.54) is 37.9 Å². The zero-order valence-corrected chi connectivity index (χ0v) is 23.4. The van der Waals surface area contributed by atoms with Crippen LogP contribution in [0.25, 0.3) is 0 Å². The van der Waals surface area contributed by atoms with Crippen LogP contribution in [0.3, 0.4) is 0 Å². The lowest BCUT2D eigenvalue weighted by Gasteiger charge is -2.22. The van der Waals surface area contributed by atoms with Crippen molar-refractivity contribution in [2.75, 3.05) is 19.0 Å². The fourth-order valence-corrected chi connectivity index (χ4v) is 4.18. The highest BCUT2D eigenvalue weighted by Gasteiger charge is 2.24. The summed E-state index contributed by atoms with van der Waals surface area (Å²) in [5.41, 5.74) is 5.94. The van der Waals surface area contributed by atoms with Gasteiger partial charge in [-0.05, 0) is 32.1 Å². The number of aliphatic hydroxyl groups is 2. The third-order valence-corrected chi connectivity index (χ3v) is 6.59. The lowest BCUT2D eigenvalue weighted by atomic mass is 10.1.